The number of fused-ring (bicyclic) bond motifs is 3. The van der Waals surface area contributed by atoms with Crippen LogP contribution >= 0.6 is 11.6 Å². The molecule has 138 valence electrons. The maximum absolute atomic E-state index is 11.5. The molecule has 0 radical (unpaired) electrons. The largest absolute Gasteiger partial charge is 0.378 e. The molecule has 6 nitrogen and oxygen atoms in total. The normalized spacial score (nSPS) is 15.4. The molecule has 0 aliphatic carbocycles. The van der Waals surface area contributed by atoms with Gasteiger partial charge in [-0.15, -0.1) is 10.2 Å². The summed E-state index contributed by atoms with van der Waals surface area (Å²) in [5.74, 6) is 1.71. The number of nitrogens with zero attached hydrogens (tertiary/aromatic N) is 3. The van der Waals surface area contributed by atoms with Crippen molar-refractivity contribution in [2.75, 3.05) is 10.6 Å². The van der Waals surface area contributed by atoms with Crippen LogP contribution in [0.2, 0.25) is 5.02 Å². The van der Waals surface area contributed by atoms with E-state index in [0.717, 1.165) is 47.1 Å². The van der Waals surface area contributed by atoms with E-state index in [0.29, 0.717) is 5.02 Å². The maximum Gasteiger partial charge on any atom is 0.221 e. The molecule has 2 heterocycles. The van der Waals surface area contributed by atoms with Crippen LogP contribution in [0.4, 0.5) is 11.4 Å². The Kier molecular flexibility index (Phi) is 4.58. The fourth-order valence-electron chi connectivity index (χ4n) is 3.53. The quantitative estimate of drug-likeness (QED) is 0.710. The second kappa shape index (κ2) is 7.04. The molecule has 0 saturated heterocycles. The van der Waals surface area contributed by atoms with Crippen molar-refractivity contribution in [3.63, 3.8) is 0 Å². The third-order valence-corrected chi connectivity index (χ3v) is 4.95. The van der Waals surface area contributed by atoms with Crippen LogP contribution in [0, 0.1) is 6.92 Å². The third-order valence-electron chi connectivity index (χ3n) is 4.70. The van der Waals surface area contributed by atoms with Gasteiger partial charge < -0.3 is 10.6 Å². The van der Waals surface area contributed by atoms with Crippen LogP contribution in [0.25, 0.3) is 5.69 Å². The highest BCUT2D eigenvalue weighted by atomic mass is 35.5. The zero-order chi connectivity index (χ0) is 19.0. The number of aryl methyl sites for hydroxylation is 2. The highest BCUT2D eigenvalue weighted by Crippen LogP contribution is 2.35. The lowest BCUT2D eigenvalue weighted by molar-refractivity contribution is -0.114. The third kappa shape index (κ3) is 3.53. The zero-order valence-corrected chi connectivity index (χ0v) is 15.9. The minimum Gasteiger partial charge on any atom is -0.378 e. The van der Waals surface area contributed by atoms with E-state index in [4.69, 9.17) is 11.6 Å². The number of carbonyl (C=O) groups is 1. The summed E-state index contributed by atoms with van der Waals surface area (Å²) in [6.07, 6.45) is 1.66. The monoisotopic (exact) mass is 381 g/mol. The molecule has 4 rings (SSSR count). The van der Waals surface area contributed by atoms with Crippen molar-refractivity contribution in [1.82, 2.24) is 14.8 Å². The van der Waals surface area contributed by atoms with Crippen LogP contribution < -0.4 is 10.6 Å². The number of benzene rings is 2. The van der Waals surface area contributed by atoms with Crippen molar-refractivity contribution < 1.29 is 4.79 Å². The number of aromatic nitrogens is 3. The summed E-state index contributed by atoms with van der Waals surface area (Å²) in [7, 11) is 0. The number of amides is 1. The first-order chi connectivity index (χ1) is 13.0. The van der Waals surface area contributed by atoms with Gasteiger partial charge in [-0.3, -0.25) is 9.36 Å². The van der Waals surface area contributed by atoms with E-state index in [9.17, 15) is 4.79 Å². The first kappa shape index (κ1) is 17.5. The van der Waals surface area contributed by atoms with Crippen LogP contribution in [0.15, 0.2) is 42.5 Å². The molecule has 0 fully saturated rings. The van der Waals surface area contributed by atoms with Crippen LogP contribution in [0.5, 0.6) is 0 Å². The number of halogens is 1. The molecule has 2 aromatic carbocycles. The molecule has 0 bridgehead atoms. The number of anilines is 2. The number of rotatable bonds is 3. The molecule has 1 atom stereocenters. The predicted octanol–water partition coefficient (Wildman–Crippen LogP) is 4.29. The minimum atomic E-state index is -0.0908. The van der Waals surface area contributed by atoms with E-state index < -0.39 is 0 Å². The van der Waals surface area contributed by atoms with Gasteiger partial charge in [0, 0.05) is 35.3 Å². The zero-order valence-electron chi connectivity index (χ0n) is 15.2. The van der Waals surface area contributed by atoms with Gasteiger partial charge in [0.2, 0.25) is 5.91 Å². The maximum atomic E-state index is 11.5. The Labute approximate surface area is 162 Å². The average Bonchev–Trinajstić information content (AvgIpc) is 2.92. The Morgan fingerprint density at radius 1 is 1.15 bits per heavy atom. The van der Waals surface area contributed by atoms with Crippen molar-refractivity contribution in [3.8, 4) is 5.69 Å². The Bertz CT molecular complexity index is 996. The Morgan fingerprint density at radius 2 is 1.89 bits per heavy atom. The van der Waals surface area contributed by atoms with Crippen molar-refractivity contribution in [2.45, 2.75) is 32.7 Å². The molecule has 1 aliphatic rings. The highest BCUT2D eigenvalue weighted by Gasteiger charge is 2.25. The Balaban J connectivity index is 1.78. The van der Waals surface area contributed by atoms with Crippen LogP contribution in [-0.4, -0.2) is 20.7 Å². The highest BCUT2D eigenvalue weighted by molar-refractivity contribution is 6.30. The minimum absolute atomic E-state index is 0.0657. The van der Waals surface area contributed by atoms with Gasteiger partial charge in [-0.25, -0.2) is 0 Å². The molecule has 27 heavy (non-hydrogen) atoms. The van der Waals surface area contributed by atoms with E-state index in [-0.39, 0.29) is 11.9 Å². The van der Waals surface area contributed by atoms with Crippen LogP contribution in [-0.2, 0) is 11.2 Å². The second-order valence-electron chi connectivity index (χ2n) is 6.70. The van der Waals surface area contributed by atoms with Gasteiger partial charge >= 0.3 is 0 Å². The van der Waals surface area contributed by atoms with E-state index >= 15 is 0 Å². The Morgan fingerprint density at radius 3 is 2.63 bits per heavy atom. The molecule has 0 saturated carbocycles. The van der Waals surface area contributed by atoms with E-state index in [1.54, 1.807) is 0 Å². The number of hydrogen-bond acceptors (Lipinski definition) is 4. The van der Waals surface area contributed by atoms with Gasteiger partial charge in [-0.2, -0.15) is 0 Å². The first-order valence-electron chi connectivity index (χ1n) is 8.86. The van der Waals surface area contributed by atoms with Crippen molar-refractivity contribution >= 4 is 28.9 Å². The summed E-state index contributed by atoms with van der Waals surface area (Å²) >= 11 is 6.01. The van der Waals surface area contributed by atoms with E-state index in [2.05, 4.69) is 25.4 Å². The van der Waals surface area contributed by atoms with Crippen molar-refractivity contribution in [3.05, 3.63) is 64.7 Å². The molecule has 1 aliphatic heterocycles. The van der Waals surface area contributed by atoms with Gasteiger partial charge in [-0.05, 0) is 55.8 Å². The van der Waals surface area contributed by atoms with Crippen molar-refractivity contribution in [2.24, 2.45) is 0 Å². The van der Waals surface area contributed by atoms with Gasteiger partial charge in [0.15, 0.2) is 0 Å². The SMILES string of the molecule is CC(=O)Nc1ccc2c(c1)C(Nc1ccc(Cl)cc1)CCc1nnc(C)n1-2. The van der Waals surface area contributed by atoms with Crippen LogP contribution in [0.1, 0.15) is 36.6 Å². The fraction of sp³-hybridized carbons (Fsp3) is 0.250. The molecule has 3 aromatic rings. The summed E-state index contributed by atoms with van der Waals surface area (Å²) < 4.78 is 2.09. The standard InChI is InChI=1S/C20H20ClN5O/c1-12-24-25-20-10-8-18(23-15-5-3-14(21)4-6-15)17-11-16(22-13(2)27)7-9-19(17)26(12)20/h3-7,9,11,18,23H,8,10H2,1-2H3,(H,22,27). The number of nitrogens with one attached hydrogen (secondary N) is 2. The smallest absolute Gasteiger partial charge is 0.221 e. The van der Waals surface area contributed by atoms with Gasteiger partial charge in [0.05, 0.1) is 11.7 Å². The number of hydrogen-bond donors (Lipinski definition) is 2. The number of carbonyl (C=O) groups excluding carboxylic acids is 1. The van der Waals surface area contributed by atoms with Crippen molar-refractivity contribution in [1.29, 1.82) is 0 Å². The lowest BCUT2D eigenvalue weighted by Gasteiger charge is -2.22. The molecule has 1 aromatic heterocycles. The summed E-state index contributed by atoms with van der Waals surface area (Å²) in [5.41, 5.74) is 3.90. The van der Waals surface area contributed by atoms with Crippen LogP contribution in [0.3, 0.4) is 0 Å². The summed E-state index contributed by atoms with van der Waals surface area (Å²) in [6, 6.07) is 13.7. The summed E-state index contributed by atoms with van der Waals surface area (Å²) in [6.45, 7) is 3.46. The average molecular weight is 382 g/mol. The molecule has 1 unspecified atom stereocenters. The Hall–Kier alpha value is -2.86. The fourth-order valence-corrected chi connectivity index (χ4v) is 3.65. The molecular formula is C20H20ClN5O. The second-order valence-corrected chi connectivity index (χ2v) is 7.13. The van der Waals surface area contributed by atoms with Gasteiger partial charge in [0.25, 0.3) is 0 Å². The first-order valence-corrected chi connectivity index (χ1v) is 9.24. The lowest BCUT2D eigenvalue weighted by atomic mass is 10.00. The lowest BCUT2D eigenvalue weighted by Crippen LogP contribution is -2.14. The summed E-state index contributed by atoms with van der Waals surface area (Å²) in [5, 5.41) is 15.7. The van der Waals surface area contributed by atoms with E-state index in [1.165, 1.54) is 6.92 Å². The molecule has 7 heteroatoms. The van der Waals surface area contributed by atoms with Gasteiger partial charge in [0.1, 0.15) is 11.6 Å². The summed E-state index contributed by atoms with van der Waals surface area (Å²) in [4.78, 5) is 11.5. The van der Waals surface area contributed by atoms with Gasteiger partial charge in [-0.1, -0.05) is 11.6 Å². The molecule has 0 spiro atoms. The topological polar surface area (TPSA) is 71.8 Å². The predicted molar refractivity (Wildman–Crippen MR) is 107 cm³/mol. The molecule has 2 N–H and O–H groups in total. The molecule has 1 amide bonds. The molecular weight excluding hydrogens is 362 g/mol. The van der Waals surface area contributed by atoms with E-state index in [1.807, 2.05) is 49.4 Å².